The topological polar surface area (TPSA) is 41.1 Å². The molecule has 1 atom stereocenters. The molecule has 1 aliphatic heterocycles. The van der Waals surface area contributed by atoms with E-state index in [2.05, 4.69) is 35.1 Å². The van der Waals surface area contributed by atoms with Gasteiger partial charge in [-0.05, 0) is 55.6 Å². The first-order valence-electron chi connectivity index (χ1n) is 7.25. The zero-order valence-electron chi connectivity index (χ0n) is 11.7. The fourth-order valence-electron chi connectivity index (χ4n) is 2.72. The first-order valence-corrected chi connectivity index (χ1v) is 8.13. The molecular formula is C15H24N2OS. The summed E-state index contributed by atoms with van der Waals surface area (Å²) >= 11 is 1.75. The Morgan fingerprint density at radius 3 is 3.00 bits per heavy atom. The van der Waals surface area contributed by atoms with Gasteiger partial charge in [0, 0.05) is 17.8 Å². The smallest absolute Gasteiger partial charge is 0.220 e. The summed E-state index contributed by atoms with van der Waals surface area (Å²) in [6.07, 6.45) is 4.05. The summed E-state index contributed by atoms with van der Waals surface area (Å²) in [6, 6.07) is 4.18. The molecule has 0 radical (unpaired) electrons. The van der Waals surface area contributed by atoms with Crippen molar-refractivity contribution >= 4 is 17.2 Å². The van der Waals surface area contributed by atoms with Crippen molar-refractivity contribution in [3.8, 4) is 0 Å². The lowest BCUT2D eigenvalue weighted by atomic mass is 9.84. The highest BCUT2D eigenvalue weighted by Crippen LogP contribution is 2.24. The van der Waals surface area contributed by atoms with Gasteiger partial charge in [0.05, 0.1) is 0 Å². The molecule has 0 aliphatic carbocycles. The van der Waals surface area contributed by atoms with Crippen LogP contribution in [0.1, 0.15) is 31.1 Å². The number of rotatable bonds is 6. The number of carbonyl (C=O) groups is 1. The molecule has 0 spiro atoms. The lowest BCUT2D eigenvalue weighted by Gasteiger charge is -2.27. The third-order valence-electron chi connectivity index (χ3n) is 3.97. The van der Waals surface area contributed by atoms with E-state index >= 15 is 0 Å². The maximum atomic E-state index is 11.9. The van der Waals surface area contributed by atoms with Crippen LogP contribution >= 0.6 is 11.3 Å². The Hall–Kier alpha value is -0.870. The highest BCUT2D eigenvalue weighted by molar-refractivity contribution is 7.09. The Balaban J connectivity index is 1.63. The Morgan fingerprint density at radius 1 is 1.53 bits per heavy atom. The molecule has 1 saturated heterocycles. The number of amides is 1. The van der Waals surface area contributed by atoms with Crippen molar-refractivity contribution in [1.82, 2.24) is 10.6 Å². The van der Waals surface area contributed by atoms with Gasteiger partial charge in [-0.3, -0.25) is 4.79 Å². The van der Waals surface area contributed by atoms with Crippen molar-refractivity contribution in [2.24, 2.45) is 11.8 Å². The molecule has 2 heterocycles. The lowest BCUT2D eigenvalue weighted by Crippen LogP contribution is -2.33. The molecule has 0 aromatic carbocycles. The average Bonchev–Trinajstić information content (AvgIpc) is 2.93. The predicted octanol–water partition coefficient (Wildman–Crippen LogP) is 2.43. The van der Waals surface area contributed by atoms with Crippen LogP contribution < -0.4 is 10.6 Å². The maximum absolute atomic E-state index is 11.9. The maximum Gasteiger partial charge on any atom is 0.220 e. The van der Waals surface area contributed by atoms with Crippen LogP contribution in [0, 0.1) is 11.8 Å². The normalized spacial score (nSPS) is 18.2. The monoisotopic (exact) mass is 280 g/mol. The van der Waals surface area contributed by atoms with Crippen molar-refractivity contribution in [1.29, 1.82) is 0 Å². The zero-order valence-corrected chi connectivity index (χ0v) is 12.5. The van der Waals surface area contributed by atoms with E-state index in [0.29, 0.717) is 18.3 Å². The van der Waals surface area contributed by atoms with E-state index in [1.807, 2.05) is 0 Å². The van der Waals surface area contributed by atoms with Crippen molar-refractivity contribution < 1.29 is 4.79 Å². The van der Waals surface area contributed by atoms with Gasteiger partial charge in [-0.1, -0.05) is 13.0 Å². The number of piperidine rings is 1. The molecule has 1 aromatic heterocycles. The van der Waals surface area contributed by atoms with E-state index < -0.39 is 0 Å². The molecule has 2 N–H and O–H groups in total. The molecule has 0 saturated carbocycles. The predicted molar refractivity (Wildman–Crippen MR) is 80.4 cm³/mol. The molecule has 0 bridgehead atoms. The van der Waals surface area contributed by atoms with Crippen molar-refractivity contribution in [3.63, 3.8) is 0 Å². The molecule has 3 nitrogen and oxygen atoms in total. The molecule has 1 amide bonds. The molecule has 1 aromatic rings. The third kappa shape index (κ3) is 4.96. The van der Waals surface area contributed by atoms with Crippen LogP contribution in [-0.4, -0.2) is 25.5 Å². The summed E-state index contributed by atoms with van der Waals surface area (Å²) in [5.41, 5.74) is 0. The molecular weight excluding hydrogens is 256 g/mol. The zero-order chi connectivity index (χ0) is 13.5. The Kier molecular flexibility index (Phi) is 5.86. The fourth-order valence-corrected chi connectivity index (χ4v) is 3.43. The number of thiophene rings is 1. The van der Waals surface area contributed by atoms with Gasteiger partial charge in [-0.25, -0.2) is 0 Å². The molecule has 106 valence electrons. The van der Waals surface area contributed by atoms with Gasteiger partial charge in [0.25, 0.3) is 0 Å². The van der Waals surface area contributed by atoms with Crippen molar-refractivity contribution in [2.75, 3.05) is 19.6 Å². The van der Waals surface area contributed by atoms with E-state index in [1.165, 1.54) is 17.7 Å². The third-order valence-corrected chi connectivity index (χ3v) is 4.91. The van der Waals surface area contributed by atoms with Gasteiger partial charge in [-0.2, -0.15) is 0 Å². The molecule has 1 fully saturated rings. The Labute approximate surface area is 119 Å². The van der Waals surface area contributed by atoms with E-state index in [9.17, 15) is 4.79 Å². The van der Waals surface area contributed by atoms with Gasteiger partial charge in [0.2, 0.25) is 5.91 Å². The number of hydrogen-bond acceptors (Lipinski definition) is 3. The SMILES string of the molecule is CC(CC(=O)NCCc1cccs1)C1CCNCC1. The van der Waals surface area contributed by atoms with Crippen LogP contribution in [-0.2, 0) is 11.2 Å². The van der Waals surface area contributed by atoms with E-state index in [0.717, 1.165) is 26.1 Å². The second-order valence-corrected chi connectivity index (χ2v) is 6.48. The highest BCUT2D eigenvalue weighted by Gasteiger charge is 2.21. The molecule has 2 rings (SSSR count). The molecule has 4 heteroatoms. The quantitative estimate of drug-likeness (QED) is 0.840. The number of carbonyl (C=O) groups excluding carboxylic acids is 1. The van der Waals surface area contributed by atoms with E-state index in [4.69, 9.17) is 0 Å². The minimum Gasteiger partial charge on any atom is -0.356 e. The minimum atomic E-state index is 0.211. The first kappa shape index (κ1) is 14.5. The van der Waals surface area contributed by atoms with Crippen LogP contribution in [0.3, 0.4) is 0 Å². The summed E-state index contributed by atoms with van der Waals surface area (Å²) in [5, 5.41) is 8.50. The van der Waals surface area contributed by atoms with E-state index in [1.54, 1.807) is 11.3 Å². The van der Waals surface area contributed by atoms with Crippen LogP contribution in [0.15, 0.2) is 17.5 Å². The van der Waals surface area contributed by atoms with Gasteiger partial charge in [0.1, 0.15) is 0 Å². The standard InChI is InChI=1S/C15H24N2OS/c1-12(13-4-7-16-8-5-13)11-15(18)17-9-6-14-3-2-10-19-14/h2-3,10,12-13,16H,4-9,11H2,1H3,(H,17,18). The van der Waals surface area contributed by atoms with Crippen molar-refractivity contribution in [2.45, 2.75) is 32.6 Å². The number of hydrogen-bond donors (Lipinski definition) is 2. The summed E-state index contributed by atoms with van der Waals surface area (Å²) in [7, 11) is 0. The molecule has 1 unspecified atom stereocenters. The largest absolute Gasteiger partial charge is 0.356 e. The summed E-state index contributed by atoms with van der Waals surface area (Å²) < 4.78 is 0. The second kappa shape index (κ2) is 7.65. The second-order valence-electron chi connectivity index (χ2n) is 5.45. The van der Waals surface area contributed by atoms with Crippen molar-refractivity contribution in [3.05, 3.63) is 22.4 Å². The van der Waals surface area contributed by atoms with Gasteiger partial charge >= 0.3 is 0 Å². The van der Waals surface area contributed by atoms with Gasteiger partial charge in [0.15, 0.2) is 0 Å². The average molecular weight is 280 g/mol. The van der Waals surface area contributed by atoms with Crippen LogP contribution in [0.5, 0.6) is 0 Å². The Bertz CT molecular complexity index is 372. The molecule has 1 aliphatic rings. The summed E-state index contributed by atoms with van der Waals surface area (Å²) in [6.45, 7) is 5.19. The highest BCUT2D eigenvalue weighted by atomic mass is 32.1. The summed E-state index contributed by atoms with van der Waals surface area (Å²) in [4.78, 5) is 13.2. The van der Waals surface area contributed by atoms with Crippen LogP contribution in [0.4, 0.5) is 0 Å². The van der Waals surface area contributed by atoms with Gasteiger partial charge in [-0.15, -0.1) is 11.3 Å². The Morgan fingerprint density at radius 2 is 2.32 bits per heavy atom. The number of nitrogens with one attached hydrogen (secondary N) is 2. The van der Waals surface area contributed by atoms with Gasteiger partial charge < -0.3 is 10.6 Å². The van der Waals surface area contributed by atoms with E-state index in [-0.39, 0.29) is 5.91 Å². The van der Waals surface area contributed by atoms with Crippen LogP contribution in [0.25, 0.3) is 0 Å². The lowest BCUT2D eigenvalue weighted by molar-refractivity contribution is -0.122. The summed E-state index contributed by atoms with van der Waals surface area (Å²) in [5.74, 6) is 1.43. The molecule has 19 heavy (non-hydrogen) atoms. The minimum absolute atomic E-state index is 0.211. The van der Waals surface area contributed by atoms with Crippen LogP contribution in [0.2, 0.25) is 0 Å². The fraction of sp³-hybridized carbons (Fsp3) is 0.667. The first-order chi connectivity index (χ1) is 9.25.